The molecule has 0 atom stereocenters. The number of imidazole rings is 1. The molecule has 0 saturated heterocycles. The fourth-order valence-electron chi connectivity index (χ4n) is 1.64. The van der Waals surface area contributed by atoms with Crippen molar-refractivity contribution in [3.8, 4) is 6.07 Å². The standard InChI is InChI=1S/C12H11N3OS/c13-6-9-3-1-8(2-4-9)5-10-11(7-16)15-12(17)14-10/h1-4,16H,5,7H2,(H2,14,15,17). The summed E-state index contributed by atoms with van der Waals surface area (Å²) in [5, 5.41) is 17.8. The summed E-state index contributed by atoms with van der Waals surface area (Å²) in [6.45, 7) is -0.0707. The van der Waals surface area contributed by atoms with E-state index in [1.54, 1.807) is 12.1 Å². The first-order valence-corrected chi connectivity index (χ1v) is 5.53. The largest absolute Gasteiger partial charge is 0.390 e. The Balaban J connectivity index is 2.25. The number of aliphatic hydroxyl groups excluding tert-OH is 1. The lowest BCUT2D eigenvalue weighted by Gasteiger charge is -2.01. The van der Waals surface area contributed by atoms with Gasteiger partial charge in [0.1, 0.15) is 0 Å². The summed E-state index contributed by atoms with van der Waals surface area (Å²) in [4.78, 5) is 5.90. The number of aromatic nitrogens is 2. The van der Waals surface area contributed by atoms with Crippen LogP contribution in [0.15, 0.2) is 24.3 Å². The zero-order chi connectivity index (χ0) is 12.3. The Morgan fingerprint density at radius 2 is 1.82 bits per heavy atom. The van der Waals surface area contributed by atoms with E-state index >= 15 is 0 Å². The summed E-state index contributed by atoms with van der Waals surface area (Å²) in [6.07, 6.45) is 0.648. The molecule has 0 radical (unpaired) electrons. The minimum absolute atomic E-state index is 0.0707. The summed E-state index contributed by atoms with van der Waals surface area (Å²) in [5.41, 5.74) is 3.28. The zero-order valence-electron chi connectivity index (χ0n) is 9.03. The summed E-state index contributed by atoms with van der Waals surface area (Å²) in [6, 6.07) is 9.41. The lowest BCUT2D eigenvalue weighted by molar-refractivity contribution is 0.276. The molecule has 4 nitrogen and oxygen atoms in total. The molecule has 2 aromatic rings. The predicted molar refractivity (Wildman–Crippen MR) is 65.9 cm³/mol. The molecule has 2 rings (SSSR count). The molecule has 1 heterocycles. The van der Waals surface area contributed by atoms with Crippen molar-refractivity contribution in [3.63, 3.8) is 0 Å². The van der Waals surface area contributed by atoms with Gasteiger partial charge >= 0.3 is 0 Å². The van der Waals surface area contributed by atoms with E-state index in [0.717, 1.165) is 11.3 Å². The van der Waals surface area contributed by atoms with Gasteiger partial charge in [0, 0.05) is 12.1 Å². The molecule has 0 aliphatic carbocycles. The number of benzene rings is 1. The minimum atomic E-state index is -0.0707. The Hall–Kier alpha value is -1.90. The minimum Gasteiger partial charge on any atom is -0.390 e. The van der Waals surface area contributed by atoms with Gasteiger partial charge in [-0.05, 0) is 29.9 Å². The SMILES string of the molecule is N#Cc1ccc(Cc2[nH]c(=S)[nH]c2CO)cc1. The van der Waals surface area contributed by atoms with E-state index in [9.17, 15) is 0 Å². The molecule has 0 amide bonds. The first-order chi connectivity index (χ1) is 8.22. The molecule has 5 heteroatoms. The number of aliphatic hydroxyl groups is 1. The van der Waals surface area contributed by atoms with Crippen LogP contribution in [0.1, 0.15) is 22.5 Å². The molecule has 3 N–H and O–H groups in total. The monoisotopic (exact) mass is 245 g/mol. The van der Waals surface area contributed by atoms with Crippen molar-refractivity contribution in [2.45, 2.75) is 13.0 Å². The third-order valence-electron chi connectivity index (χ3n) is 2.52. The molecule has 0 fully saturated rings. The lowest BCUT2D eigenvalue weighted by atomic mass is 10.1. The van der Waals surface area contributed by atoms with Crippen LogP contribution in [-0.4, -0.2) is 15.1 Å². The van der Waals surface area contributed by atoms with Crippen molar-refractivity contribution < 1.29 is 5.11 Å². The second-order valence-corrected chi connectivity index (χ2v) is 4.09. The highest BCUT2D eigenvalue weighted by Gasteiger charge is 2.05. The second kappa shape index (κ2) is 4.95. The molecule has 0 unspecified atom stereocenters. The molecule has 0 aliphatic rings. The number of hydrogen-bond donors (Lipinski definition) is 3. The van der Waals surface area contributed by atoms with Crippen LogP contribution in [0.2, 0.25) is 0 Å². The van der Waals surface area contributed by atoms with Crippen LogP contribution in [-0.2, 0) is 13.0 Å². The topological polar surface area (TPSA) is 75.6 Å². The molecule has 1 aromatic carbocycles. The highest BCUT2D eigenvalue weighted by Crippen LogP contribution is 2.12. The van der Waals surface area contributed by atoms with Gasteiger partial charge in [0.05, 0.1) is 23.9 Å². The van der Waals surface area contributed by atoms with Crippen LogP contribution in [0.5, 0.6) is 0 Å². The van der Waals surface area contributed by atoms with Crippen LogP contribution in [0.4, 0.5) is 0 Å². The number of nitriles is 1. The van der Waals surface area contributed by atoms with Crippen LogP contribution in [0, 0.1) is 16.1 Å². The average Bonchev–Trinajstić information content (AvgIpc) is 2.70. The van der Waals surface area contributed by atoms with Crippen LogP contribution < -0.4 is 0 Å². The number of nitrogens with one attached hydrogen (secondary N) is 2. The predicted octanol–water partition coefficient (Wildman–Crippen LogP) is 2.03. The van der Waals surface area contributed by atoms with E-state index in [1.807, 2.05) is 12.1 Å². The van der Waals surface area contributed by atoms with Gasteiger partial charge in [-0.15, -0.1) is 0 Å². The first kappa shape index (κ1) is 11.6. The van der Waals surface area contributed by atoms with Crippen LogP contribution in [0.25, 0.3) is 0 Å². The van der Waals surface area contributed by atoms with E-state index in [-0.39, 0.29) is 6.61 Å². The van der Waals surface area contributed by atoms with Gasteiger partial charge in [-0.3, -0.25) is 0 Å². The maximum absolute atomic E-state index is 9.15. The van der Waals surface area contributed by atoms with Gasteiger partial charge in [-0.1, -0.05) is 12.1 Å². The number of hydrogen-bond acceptors (Lipinski definition) is 3. The Labute approximate surface area is 104 Å². The maximum atomic E-state index is 9.15. The summed E-state index contributed by atoms with van der Waals surface area (Å²) >= 11 is 4.98. The molecule has 0 spiro atoms. The summed E-state index contributed by atoms with van der Waals surface area (Å²) in [7, 11) is 0. The molecule has 17 heavy (non-hydrogen) atoms. The molecule has 1 aromatic heterocycles. The van der Waals surface area contributed by atoms with Gasteiger partial charge in [0.25, 0.3) is 0 Å². The molecule has 0 bridgehead atoms. The van der Waals surface area contributed by atoms with Crippen molar-refractivity contribution >= 4 is 12.2 Å². The molecule has 0 aliphatic heterocycles. The van der Waals surface area contributed by atoms with Crippen molar-refractivity contribution in [1.82, 2.24) is 9.97 Å². The quantitative estimate of drug-likeness (QED) is 0.724. The Bertz CT molecular complexity index is 604. The fourth-order valence-corrected chi connectivity index (χ4v) is 1.89. The number of aromatic amines is 2. The van der Waals surface area contributed by atoms with E-state index in [4.69, 9.17) is 22.6 Å². The maximum Gasteiger partial charge on any atom is 0.174 e. The van der Waals surface area contributed by atoms with E-state index in [1.165, 1.54) is 0 Å². The third kappa shape index (κ3) is 2.61. The van der Waals surface area contributed by atoms with Gasteiger partial charge in [-0.2, -0.15) is 5.26 Å². The van der Waals surface area contributed by atoms with E-state index < -0.39 is 0 Å². The lowest BCUT2D eigenvalue weighted by Crippen LogP contribution is -1.94. The van der Waals surface area contributed by atoms with E-state index in [2.05, 4.69) is 16.0 Å². The van der Waals surface area contributed by atoms with Crippen molar-refractivity contribution in [1.29, 1.82) is 5.26 Å². The molecule has 86 valence electrons. The van der Waals surface area contributed by atoms with Gasteiger partial charge in [0.15, 0.2) is 4.77 Å². The molecule has 0 saturated carbocycles. The second-order valence-electron chi connectivity index (χ2n) is 3.68. The van der Waals surface area contributed by atoms with Crippen molar-refractivity contribution in [2.24, 2.45) is 0 Å². The molecular formula is C12H11N3OS. The third-order valence-corrected chi connectivity index (χ3v) is 2.72. The van der Waals surface area contributed by atoms with Gasteiger partial charge in [-0.25, -0.2) is 0 Å². The number of nitrogens with zero attached hydrogens (tertiary/aromatic N) is 1. The van der Waals surface area contributed by atoms with Crippen molar-refractivity contribution in [3.05, 3.63) is 51.6 Å². The van der Waals surface area contributed by atoms with Gasteiger partial charge in [0.2, 0.25) is 0 Å². The molecular weight excluding hydrogens is 234 g/mol. The Kier molecular flexibility index (Phi) is 3.38. The van der Waals surface area contributed by atoms with E-state index in [0.29, 0.717) is 22.4 Å². The van der Waals surface area contributed by atoms with Crippen molar-refractivity contribution in [2.75, 3.05) is 0 Å². The summed E-state index contributed by atoms with van der Waals surface area (Å²) in [5.74, 6) is 0. The highest BCUT2D eigenvalue weighted by molar-refractivity contribution is 7.71. The number of H-pyrrole nitrogens is 2. The number of rotatable bonds is 3. The Morgan fingerprint density at radius 3 is 2.41 bits per heavy atom. The highest BCUT2D eigenvalue weighted by atomic mass is 32.1. The fraction of sp³-hybridized carbons (Fsp3) is 0.167. The summed E-state index contributed by atoms with van der Waals surface area (Å²) < 4.78 is 0.512. The smallest absolute Gasteiger partial charge is 0.174 e. The first-order valence-electron chi connectivity index (χ1n) is 5.13. The van der Waals surface area contributed by atoms with Crippen LogP contribution >= 0.6 is 12.2 Å². The Morgan fingerprint density at radius 1 is 1.18 bits per heavy atom. The normalized spacial score (nSPS) is 10.1. The average molecular weight is 245 g/mol. The van der Waals surface area contributed by atoms with Gasteiger partial charge < -0.3 is 15.1 Å². The zero-order valence-corrected chi connectivity index (χ0v) is 9.84. The van der Waals surface area contributed by atoms with Crippen LogP contribution in [0.3, 0.4) is 0 Å².